The molecule has 3 N–H and O–H groups in total. The van der Waals surface area contributed by atoms with Crippen molar-refractivity contribution in [3.8, 4) is 23.0 Å². The van der Waals surface area contributed by atoms with Gasteiger partial charge in [0, 0.05) is 5.56 Å². The van der Waals surface area contributed by atoms with Crippen molar-refractivity contribution < 1.29 is 28.5 Å². The number of hydrogen-bond acceptors (Lipinski definition) is 7. The molecule has 0 unspecified atom stereocenters. The molecule has 1 amide bonds. The van der Waals surface area contributed by atoms with Crippen molar-refractivity contribution in [3.63, 3.8) is 0 Å². The van der Waals surface area contributed by atoms with Crippen molar-refractivity contribution in [1.29, 1.82) is 0 Å². The summed E-state index contributed by atoms with van der Waals surface area (Å²) in [6.07, 6.45) is 1.73. The number of Topliss-reactive ketones (excluding diaryl/α,β-unsaturated/α-hetero) is 1. The number of benzene rings is 2. The van der Waals surface area contributed by atoms with Gasteiger partial charge in [-0.1, -0.05) is 19.9 Å². The average Bonchev–Trinajstić information content (AvgIpc) is 2.81. The van der Waals surface area contributed by atoms with Crippen molar-refractivity contribution in [2.75, 3.05) is 33.8 Å². The van der Waals surface area contributed by atoms with E-state index in [0.29, 0.717) is 45.4 Å². The van der Waals surface area contributed by atoms with Crippen LogP contribution in [0.25, 0.3) is 6.08 Å². The lowest BCUT2D eigenvalue weighted by Gasteiger charge is -2.17. The second-order valence-electron chi connectivity index (χ2n) is 7.79. The summed E-state index contributed by atoms with van der Waals surface area (Å²) >= 11 is 0. The molecule has 0 aliphatic rings. The van der Waals surface area contributed by atoms with E-state index in [4.69, 9.17) is 24.7 Å². The molecule has 0 aliphatic carbocycles. The van der Waals surface area contributed by atoms with Gasteiger partial charge in [-0.15, -0.1) is 12.4 Å². The second-order valence-corrected chi connectivity index (χ2v) is 7.79. The quantitative estimate of drug-likeness (QED) is 0.375. The molecule has 2 rings (SSSR count). The molecule has 9 heteroatoms. The molecule has 2 aromatic rings. The minimum atomic E-state index is -0.655. The Morgan fingerprint density at radius 1 is 0.912 bits per heavy atom. The third-order valence-corrected chi connectivity index (χ3v) is 5.17. The summed E-state index contributed by atoms with van der Waals surface area (Å²) in [5.74, 6) is 1.15. The Balaban J connectivity index is 0.00000578. The Labute approximate surface area is 206 Å². The number of ketones is 1. The summed E-state index contributed by atoms with van der Waals surface area (Å²) in [5.41, 5.74) is 8.00. The van der Waals surface area contributed by atoms with E-state index in [1.165, 1.54) is 28.4 Å². The van der Waals surface area contributed by atoms with Crippen LogP contribution in [0.15, 0.2) is 35.9 Å². The molecule has 8 nitrogen and oxygen atoms in total. The third-order valence-electron chi connectivity index (χ3n) is 5.17. The lowest BCUT2D eigenvalue weighted by Crippen LogP contribution is -2.39. The number of methoxy groups -OCH3 is 4. The fraction of sp³-hybridized carbons (Fsp3) is 0.360. The zero-order chi connectivity index (χ0) is 24.7. The van der Waals surface area contributed by atoms with E-state index in [0.717, 1.165) is 0 Å². The zero-order valence-corrected chi connectivity index (χ0v) is 21.4. The highest BCUT2D eigenvalue weighted by molar-refractivity contribution is 6.11. The highest BCUT2D eigenvalue weighted by Crippen LogP contribution is 2.38. The third kappa shape index (κ3) is 6.65. The van der Waals surface area contributed by atoms with E-state index in [2.05, 4.69) is 5.32 Å². The maximum Gasteiger partial charge on any atom is 0.241 e. The summed E-state index contributed by atoms with van der Waals surface area (Å²) in [5, 5.41) is 2.81. The number of rotatable bonds is 10. The molecule has 0 fully saturated rings. The highest BCUT2D eigenvalue weighted by Gasteiger charge is 2.20. The number of nitrogens with two attached hydrogens (primary N) is 1. The van der Waals surface area contributed by atoms with Crippen molar-refractivity contribution in [3.05, 3.63) is 47.0 Å². The van der Waals surface area contributed by atoms with Gasteiger partial charge in [-0.2, -0.15) is 0 Å². The molecular formula is C25H33ClN2O6. The van der Waals surface area contributed by atoms with Crippen LogP contribution in [0.4, 0.5) is 5.69 Å². The van der Waals surface area contributed by atoms with E-state index in [1.807, 2.05) is 13.8 Å². The maximum atomic E-state index is 13.1. The van der Waals surface area contributed by atoms with E-state index in [-0.39, 0.29) is 30.0 Å². The van der Waals surface area contributed by atoms with Gasteiger partial charge in [0.15, 0.2) is 17.3 Å². The molecule has 34 heavy (non-hydrogen) atoms. The van der Waals surface area contributed by atoms with E-state index in [1.54, 1.807) is 43.3 Å². The minimum absolute atomic E-state index is 0. The number of carbonyl (C=O) groups is 2. The van der Waals surface area contributed by atoms with Gasteiger partial charge in [0.2, 0.25) is 11.7 Å². The number of carbonyl (C=O) groups excluding carboxylic acids is 2. The summed E-state index contributed by atoms with van der Waals surface area (Å²) in [4.78, 5) is 25.5. The topological polar surface area (TPSA) is 109 Å². The van der Waals surface area contributed by atoms with E-state index in [9.17, 15) is 9.59 Å². The number of amides is 1. The monoisotopic (exact) mass is 492 g/mol. The standard InChI is InChI=1S/C25H32N2O6.ClH/c1-14(2)22(26)25(29)27-18-11-16(8-9-19(18)30-4)10-15(3)23(28)17-12-20(31-5)24(33-7)21(13-17)32-6;/h8-14,22H,26H2,1-7H3,(H,27,29);1H/t22-;/m0./s1. The predicted octanol–water partition coefficient (Wildman–Crippen LogP) is 4.35. The molecule has 1 atom stereocenters. The van der Waals surface area contributed by atoms with Gasteiger partial charge < -0.3 is 30.0 Å². The molecule has 186 valence electrons. The number of hydrogen-bond donors (Lipinski definition) is 2. The van der Waals surface area contributed by atoms with E-state index < -0.39 is 6.04 Å². The van der Waals surface area contributed by atoms with Gasteiger partial charge in [0.05, 0.1) is 40.2 Å². The van der Waals surface area contributed by atoms with Gasteiger partial charge in [-0.25, -0.2) is 0 Å². The molecule has 0 aliphatic heterocycles. The minimum Gasteiger partial charge on any atom is -0.495 e. The van der Waals surface area contributed by atoms with Crippen LogP contribution in [0.2, 0.25) is 0 Å². The number of ether oxygens (including phenoxy) is 4. The van der Waals surface area contributed by atoms with Crippen molar-refractivity contribution >= 4 is 35.9 Å². The van der Waals surface area contributed by atoms with Crippen molar-refractivity contribution in [2.24, 2.45) is 11.7 Å². The molecule has 2 aromatic carbocycles. The molecule has 0 saturated carbocycles. The van der Waals surface area contributed by atoms with Crippen LogP contribution in [-0.2, 0) is 4.79 Å². The lowest BCUT2D eigenvalue weighted by molar-refractivity contribution is -0.118. The van der Waals surface area contributed by atoms with Crippen LogP contribution in [0.5, 0.6) is 23.0 Å². The Morgan fingerprint density at radius 3 is 1.94 bits per heavy atom. The molecule has 0 bridgehead atoms. The number of allylic oxidation sites excluding steroid dienone is 1. The molecule has 0 radical (unpaired) electrons. The average molecular weight is 493 g/mol. The van der Waals surface area contributed by atoms with Gasteiger partial charge in [0.25, 0.3) is 0 Å². The molecular weight excluding hydrogens is 460 g/mol. The number of halogens is 1. The number of anilines is 1. The Hall–Kier alpha value is -3.23. The first-order chi connectivity index (χ1) is 15.7. The molecule has 0 spiro atoms. The van der Waals surface area contributed by atoms with Gasteiger partial charge in [-0.05, 0) is 54.3 Å². The lowest BCUT2D eigenvalue weighted by atomic mass is 10.0. The Kier molecular flexibility index (Phi) is 10.9. The van der Waals surface area contributed by atoms with E-state index >= 15 is 0 Å². The second kappa shape index (κ2) is 12.9. The highest BCUT2D eigenvalue weighted by atomic mass is 35.5. The largest absolute Gasteiger partial charge is 0.495 e. The maximum absolute atomic E-state index is 13.1. The fourth-order valence-corrected chi connectivity index (χ4v) is 3.19. The first kappa shape index (κ1) is 28.8. The van der Waals surface area contributed by atoms with Crippen molar-refractivity contribution in [1.82, 2.24) is 0 Å². The summed E-state index contributed by atoms with van der Waals surface area (Å²) < 4.78 is 21.4. The number of nitrogens with one attached hydrogen (secondary N) is 1. The molecule has 0 heterocycles. The van der Waals surface area contributed by atoms with Crippen LogP contribution in [0.3, 0.4) is 0 Å². The van der Waals surface area contributed by atoms with Crippen LogP contribution >= 0.6 is 12.4 Å². The van der Waals surface area contributed by atoms with Crippen molar-refractivity contribution in [2.45, 2.75) is 26.8 Å². The first-order valence-corrected chi connectivity index (χ1v) is 10.4. The van der Waals surface area contributed by atoms with Crippen LogP contribution in [-0.4, -0.2) is 46.2 Å². The molecule has 0 aromatic heterocycles. The Morgan fingerprint density at radius 2 is 1.47 bits per heavy atom. The first-order valence-electron chi connectivity index (χ1n) is 10.4. The summed E-state index contributed by atoms with van der Waals surface area (Å²) in [7, 11) is 6.00. The smallest absolute Gasteiger partial charge is 0.241 e. The van der Waals surface area contributed by atoms with Crippen LogP contribution in [0.1, 0.15) is 36.7 Å². The molecule has 0 saturated heterocycles. The van der Waals surface area contributed by atoms with Gasteiger partial charge in [-0.3, -0.25) is 9.59 Å². The van der Waals surface area contributed by atoms with Gasteiger partial charge >= 0.3 is 0 Å². The predicted molar refractivity (Wildman–Crippen MR) is 136 cm³/mol. The van der Waals surface area contributed by atoms with Crippen LogP contribution < -0.4 is 30.0 Å². The summed E-state index contributed by atoms with van der Waals surface area (Å²) in [6, 6.07) is 7.80. The SMILES string of the molecule is COc1ccc(C=C(C)C(=O)c2cc(OC)c(OC)c(OC)c2)cc1NC(=O)[C@@H](N)C(C)C.Cl. The normalized spacial score (nSPS) is 11.9. The van der Waals surface area contributed by atoms with Crippen LogP contribution in [0, 0.1) is 5.92 Å². The zero-order valence-electron chi connectivity index (χ0n) is 20.6. The Bertz CT molecular complexity index is 1030. The van der Waals surface area contributed by atoms with Gasteiger partial charge in [0.1, 0.15) is 5.75 Å². The fourth-order valence-electron chi connectivity index (χ4n) is 3.19. The summed E-state index contributed by atoms with van der Waals surface area (Å²) in [6.45, 7) is 5.46.